The van der Waals surface area contributed by atoms with Crippen molar-refractivity contribution in [2.75, 3.05) is 0 Å². The number of nitro groups is 1. The fourth-order valence-corrected chi connectivity index (χ4v) is 2.81. The zero-order valence-electron chi connectivity index (χ0n) is 14.4. The van der Waals surface area contributed by atoms with Crippen molar-refractivity contribution in [3.8, 4) is 5.69 Å². The normalized spacial score (nSPS) is 11.2. The van der Waals surface area contributed by atoms with Crippen LogP contribution in [0.4, 0.5) is 11.4 Å². The molecule has 0 bridgehead atoms. The van der Waals surface area contributed by atoms with Crippen molar-refractivity contribution in [3.05, 3.63) is 87.2 Å². The Bertz CT molecular complexity index is 936. The summed E-state index contributed by atoms with van der Waals surface area (Å²) >= 11 is 0. The fourth-order valence-electron chi connectivity index (χ4n) is 2.81. The first-order valence-electron chi connectivity index (χ1n) is 8.00. The lowest BCUT2D eigenvalue weighted by atomic mass is 10.2. The number of aromatic nitrogens is 1. The quantitative estimate of drug-likeness (QED) is 0.380. The third-order valence-corrected chi connectivity index (χ3v) is 4.18. The summed E-state index contributed by atoms with van der Waals surface area (Å²) < 4.78 is 2.19. The molecule has 3 rings (SSSR count). The summed E-state index contributed by atoms with van der Waals surface area (Å²) in [6, 6.07) is 16.7. The molecule has 0 saturated heterocycles. The van der Waals surface area contributed by atoms with Crippen LogP contribution in [0.25, 0.3) is 5.69 Å². The van der Waals surface area contributed by atoms with Gasteiger partial charge in [0.2, 0.25) is 0 Å². The van der Waals surface area contributed by atoms with Crippen molar-refractivity contribution >= 4 is 17.6 Å². The van der Waals surface area contributed by atoms with E-state index in [1.165, 1.54) is 17.7 Å². The lowest BCUT2D eigenvalue weighted by Gasteiger charge is -2.09. The summed E-state index contributed by atoms with van der Waals surface area (Å²) in [5, 5.41) is 10.7. The molecule has 25 heavy (non-hydrogen) atoms. The highest BCUT2D eigenvalue weighted by Crippen LogP contribution is 2.22. The van der Waals surface area contributed by atoms with E-state index in [1.54, 1.807) is 18.3 Å². The van der Waals surface area contributed by atoms with E-state index < -0.39 is 4.92 Å². The number of hydrogen-bond donors (Lipinski definition) is 0. The van der Waals surface area contributed by atoms with Crippen molar-refractivity contribution < 1.29 is 4.92 Å². The van der Waals surface area contributed by atoms with Crippen LogP contribution < -0.4 is 0 Å². The minimum atomic E-state index is -0.414. The average Bonchev–Trinajstić information content (AvgIpc) is 2.88. The third kappa shape index (κ3) is 3.50. The molecule has 3 aromatic rings. The van der Waals surface area contributed by atoms with Crippen LogP contribution in [-0.4, -0.2) is 15.7 Å². The molecule has 0 saturated carbocycles. The van der Waals surface area contributed by atoms with Crippen molar-refractivity contribution in [3.63, 3.8) is 0 Å². The maximum atomic E-state index is 10.7. The van der Waals surface area contributed by atoms with Gasteiger partial charge in [-0.15, -0.1) is 0 Å². The van der Waals surface area contributed by atoms with Crippen LogP contribution in [0.2, 0.25) is 0 Å². The van der Waals surface area contributed by atoms with Crippen LogP contribution in [0, 0.1) is 30.9 Å². The number of rotatable bonds is 4. The van der Waals surface area contributed by atoms with Crippen molar-refractivity contribution in [2.24, 2.45) is 4.99 Å². The first-order valence-corrected chi connectivity index (χ1v) is 8.00. The largest absolute Gasteiger partial charge is 0.318 e. The predicted molar refractivity (Wildman–Crippen MR) is 100 cm³/mol. The Hall–Kier alpha value is -3.21. The van der Waals surface area contributed by atoms with Crippen LogP contribution in [0.5, 0.6) is 0 Å². The first-order chi connectivity index (χ1) is 12.0. The Kier molecular flexibility index (Phi) is 4.48. The first kappa shape index (κ1) is 16.6. The van der Waals surface area contributed by atoms with E-state index in [4.69, 9.17) is 0 Å². The molecule has 1 heterocycles. The molecule has 0 aliphatic rings. The number of hydrogen-bond acceptors (Lipinski definition) is 3. The van der Waals surface area contributed by atoms with Crippen LogP contribution >= 0.6 is 0 Å². The maximum absolute atomic E-state index is 10.7. The predicted octanol–water partition coefficient (Wildman–Crippen LogP) is 5.06. The molecule has 0 spiro atoms. The van der Waals surface area contributed by atoms with E-state index in [-0.39, 0.29) is 5.69 Å². The topological polar surface area (TPSA) is 60.4 Å². The minimum absolute atomic E-state index is 0.0662. The average molecular weight is 333 g/mol. The standard InChI is InChI=1S/C20H19N3O2/c1-14-4-8-19(9-5-14)22-15(2)12-17(16(22)3)13-21-18-6-10-20(11-7-18)23(24)25/h4-13H,1-3H3. The molecule has 1 aromatic heterocycles. The monoisotopic (exact) mass is 333 g/mol. The zero-order chi connectivity index (χ0) is 18.0. The highest BCUT2D eigenvalue weighted by molar-refractivity contribution is 5.84. The smallest absolute Gasteiger partial charge is 0.269 e. The summed E-state index contributed by atoms with van der Waals surface area (Å²) in [6.07, 6.45) is 1.80. The molecule has 0 aliphatic heterocycles. The lowest BCUT2D eigenvalue weighted by Crippen LogP contribution is -1.99. The maximum Gasteiger partial charge on any atom is 0.269 e. The summed E-state index contributed by atoms with van der Waals surface area (Å²) in [7, 11) is 0. The number of nitrogens with zero attached hydrogens (tertiary/aromatic N) is 3. The Morgan fingerprint density at radius 2 is 1.64 bits per heavy atom. The molecule has 0 N–H and O–H groups in total. The fraction of sp³-hybridized carbons (Fsp3) is 0.150. The van der Waals surface area contributed by atoms with Crippen LogP contribution in [0.3, 0.4) is 0 Å². The number of aryl methyl sites for hydroxylation is 2. The molecule has 0 atom stereocenters. The van der Waals surface area contributed by atoms with Crippen LogP contribution in [-0.2, 0) is 0 Å². The van der Waals surface area contributed by atoms with E-state index in [9.17, 15) is 10.1 Å². The molecule has 0 aliphatic carbocycles. The van der Waals surface area contributed by atoms with E-state index in [2.05, 4.69) is 60.7 Å². The number of benzene rings is 2. The number of aliphatic imine (C=N–C) groups is 1. The molecule has 0 fully saturated rings. The molecule has 2 aromatic carbocycles. The van der Waals surface area contributed by atoms with Gasteiger partial charge in [-0.3, -0.25) is 15.1 Å². The summed E-state index contributed by atoms with van der Waals surface area (Å²) in [4.78, 5) is 14.7. The third-order valence-electron chi connectivity index (χ3n) is 4.18. The summed E-state index contributed by atoms with van der Waals surface area (Å²) in [5.41, 5.74) is 6.36. The van der Waals surface area contributed by atoms with Gasteiger partial charge in [-0.05, 0) is 51.1 Å². The Balaban J connectivity index is 1.89. The Morgan fingerprint density at radius 1 is 1.00 bits per heavy atom. The van der Waals surface area contributed by atoms with Crippen molar-refractivity contribution in [1.29, 1.82) is 0 Å². The van der Waals surface area contributed by atoms with Crippen LogP contribution in [0.15, 0.2) is 59.6 Å². The van der Waals surface area contributed by atoms with Gasteiger partial charge in [-0.1, -0.05) is 17.7 Å². The zero-order valence-corrected chi connectivity index (χ0v) is 14.4. The van der Waals surface area contributed by atoms with E-state index in [1.807, 2.05) is 0 Å². The van der Waals surface area contributed by atoms with E-state index in [0.29, 0.717) is 5.69 Å². The van der Waals surface area contributed by atoms with Gasteiger partial charge in [0.25, 0.3) is 5.69 Å². The minimum Gasteiger partial charge on any atom is -0.318 e. The second-order valence-corrected chi connectivity index (χ2v) is 6.03. The van der Waals surface area contributed by atoms with Crippen LogP contribution in [0.1, 0.15) is 22.5 Å². The molecule has 0 amide bonds. The van der Waals surface area contributed by atoms with Gasteiger partial charge in [0.1, 0.15) is 0 Å². The van der Waals surface area contributed by atoms with Gasteiger partial charge in [-0.25, -0.2) is 0 Å². The van der Waals surface area contributed by atoms with E-state index >= 15 is 0 Å². The van der Waals surface area contributed by atoms with Gasteiger partial charge < -0.3 is 4.57 Å². The second kappa shape index (κ2) is 6.73. The van der Waals surface area contributed by atoms with Gasteiger partial charge in [0, 0.05) is 41.0 Å². The molecule has 126 valence electrons. The SMILES string of the molecule is Cc1ccc(-n2c(C)cc(C=Nc3ccc([N+](=O)[O-])cc3)c2C)cc1. The summed E-state index contributed by atoms with van der Waals surface area (Å²) in [5.74, 6) is 0. The van der Waals surface area contributed by atoms with Gasteiger partial charge in [0.15, 0.2) is 0 Å². The highest BCUT2D eigenvalue weighted by atomic mass is 16.6. The molecule has 5 nitrogen and oxygen atoms in total. The Labute approximate surface area is 146 Å². The van der Waals surface area contributed by atoms with E-state index in [0.717, 1.165) is 22.6 Å². The summed E-state index contributed by atoms with van der Waals surface area (Å²) in [6.45, 7) is 6.20. The molecule has 0 radical (unpaired) electrons. The second-order valence-electron chi connectivity index (χ2n) is 6.03. The highest BCUT2D eigenvalue weighted by Gasteiger charge is 2.09. The van der Waals surface area contributed by atoms with Crippen molar-refractivity contribution in [2.45, 2.75) is 20.8 Å². The van der Waals surface area contributed by atoms with Crippen molar-refractivity contribution in [1.82, 2.24) is 4.57 Å². The van der Waals surface area contributed by atoms with Gasteiger partial charge in [0.05, 0.1) is 10.6 Å². The molecule has 0 unspecified atom stereocenters. The molecular formula is C20H19N3O2. The lowest BCUT2D eigenvalue weighted by molar-refractivity contribution is -0.384. The Morgan fingerprint density at radius 3 is 2.24 bits per heavy atom. The molecular weight excluding hydrogens is 314 g/mol. The van der Waals surface area contributed by atoms with Gasteiger partial charge in [-0.2, -0.15) is 0 Å². The van der Waals surface area contributed by atoms with Gasteiger partial charge >= 0.3 is 0 Å². The number of nitro benzene ring substituents is 1. The number of non-ortho nitro benzene ring substituents is 1. The molecule has 5 heteroatoms.